The smallest absolute Gasteiger partial charge is 0.243 e. The summed E-state index contributed by atoms with van der Waals surface area (Å²) in [5.41, 5.74) is 2.37. The van der Waals surface area contributed by atoms with Crippen LogP contribution in [-0.4, -0.2) is 45.4 Å². The van der Waals surface area contributed by atoms with Crippen LogP contribution in [0.4, 0.5) is 11.4 Å². The summed E-state index contributed by atoms with van der Waals surface area (Å²) in [6.07, 6.45) is 0.952. The summed E-state index contributed by atoms with van der Waals surface area (Å²) in [7, 11) is -2.17. The summed E-state index contributed by atoms with van der Waals surface area (Å²) >= 11 is 0. The lowest BCUT2D eigenvalue weighted by Gasteiger charge is -2.19. The van der Waals surface area contributed by atoms with Gasteiger partial charge in [0.15, 0.2) is 0 Å². The maximum Gasteiger partial charge on any atom is 0.243 e. The fraction of sp³-hybridized carbons (Fsp3) is 0.381. The van der Waals surface area contributed by atoms with Crippen LogP contribution in [0.3, 0.4) is 0 Å². The van der Waals surface area contributed by atoms with E-state index in [2.05, 4.69) is 17.6 Å². The third-order valence-electron chi connectivity index (χ3n) is 4.60. The standard InChI is InChI=1S/C21H29N3O4S/c1-5-16-8-10-17(11-9-16)22-15-21(25)23-19-14-18(12-13-20(19)28-4)29(26,27)24(6-2)7-3/h8-14,22H,5-7,15H2,1-4H3,(H,23,25). The van der Waals surface area contributed by atoms with Crippen molar-refractivity contribution < 1.29 is 17.9 Å². The molecule has 0 saturated carbocycles. The number of methoxy groups -OCH3 is 1. The predicted molar refractivity (Wildman–Crippen MR) is 116 cm³/mol. The molecule has 8 heteroatoms. The molecule has 0 fully saturated rings. The van der Waals surface area contributed by atoms with E-state index in [9.17, 15) is 13.2 Å². The van der Waals surface area contributed by atoms with Gasteiger partial charge in [0, 0.05) is 18.8 Å². The van der Waals surface area contributed by atoms with Crippen molar-refractivity contribution in [3.8, 4) is 5.75 Å². The molecule has 0 heterocycles. The van der Waals surface area contributed by atoms with Gasteiger partial charge in [-0.1, -0.05) is 32.9 Å². The quantitative estimate of drug-likeness (QED) is 0.617. The van der Waals surface area contributed by atoms with E-state index in [1.807, 2.05) is 24.3 Å². The van der Waals surface area contributed by atoms with Gasteiger partial charge in [0.2, 0.25) is 15.9 Å². The second kappa shape index (κ2) is 10.3. The average molecular weight is 420 g/mol. The Balaban J connectivity index is 2.14. The van der Waals surface area contributed by atoms with E-state index in [0.717, 1.165) is 12.1 Å². The van der Waals surface area contributed by atoms with Gasteiger partial charge in [0.05, 0.1) is 24.2 Å². The van der Waals surface area contributed by atoms with Crippen LogP contribution in [0, 0.1) is 0 Å². The first kappa shape index (κ1) is 22.7. The molecule has 0 atom stereocenters. The first-order valence-electron chi connectivity index (χ1n) is 9.66. The SMILES string of the molecule is CCc1ccc(NCC(=O)Nc2cc(S(=O)(=O)N(CC)CC)ccc2OC)cc1. The number of amides is 1. The highest BCUT2D eigenvalue weighted by Gasteiger charge is 2.23. The van der Waals surface area contributed by atoms with Crippen LogP contribution < -0.4 is 15.4 Å². The van der Waals surface area contributed by atoms with Crippen molar-refractivity contribution in [2.24, 2.45) is 0 Å². The molecule has 158 valence electrons. The van der Waals surface area contributed by atoms with E-state index in [1.165, 1.54) is 29.1 Å². The molecule has 0 spiro atoms. The molecule has 2 aromatic rings. The van der Waals surface area contributed by atoms with E-state index < -0.39 is 10.0 Å². The molecule has 2 aromatic carbocycles. The van der Waals surface area contributed by atoms with Gasteiger partial charge in [-0.3, -0.25) is 4.79 Å². The molecule has 2 rings (SSSR count). The van der Waals surface area contributed by atoms with Crippen LogP contribution in [0.5, 0.6) is 5.75 Å². The summed E-state index contributed by atoms with van der Waals surface area (Å²) in [6, 6.07) is 12.3. The highest BCUT2D eigenvalue weighted by molar-refractivity contribution is 7.89. The first-order valence-corrected chi connectivity index (χ1v) is 11.1. The zero-order chi connectivity index (χ0) is 21.4. The lowest BCUT2D eigenvalue weighted by atomic mass is 10.1. The molecule has 0 saturated heterocycles. The van der Waals surface area contributed by atoms with E-state index in [0.29, 0.717) is 24.5 Å². The van der Waals surface area contributed by atoms with Crippen molar-refractivity contribution in [1.29, 1.82) is 0 Å². The molecule has 2 N–H and O–H groups in total. The van der Waals surface area contributed by atoms with Gasteiger partial charge in [-0.25, -0.2) is 8.42 Å². The van der Waals surface area contributed by atoms with E-state index in [4.69, 9.17) is 4.74 Å². The largest absolute Gasteiger partial charge is 0.495 e. The molecule has 0 unspecified atom stereocenters. The Morgan fingerprint density at radius 2 is 1.69 bits per heavy atom. The second-order valence-corrected chi connectivity index (χ2v) is 8.34. The molecule has 0 radical (unpaired) electrons. The average Bonchev–Trinajstić information content (AvgIpc) is 2.73. The minimum Gasteiger partial charge on any atom is -0.495 e. The van der Waals surface area contributed by atoms with Crippen LogP contribution in [0.2, 0.25) is 0 Å². The van der Waals surface area contributed by atoms with E-state index in [1.54, 1.807) is 19.9 Å². The highest BCUT2D eigenvalue weighted by atomic mass is 32.2. The van der Waals surface area contributed by atoms with Crippen LogP contribution in [0.25, 0.3) is 0 Å². The van der Waals surface area contributed by atoms with Crippen molar-refractivity contribution in [3.05, 3.63) is 48.0 Å². The number of nitrogens with one attached hydrogen (secondary N) is 2. The van der Waals surface area contributed by atoms with Gasteiger partial charge in [-0.15, -0.1) is 0 Å². The minimum atomic E-state index is -3.64. The minimum absolute atomic E-state index is 0.0433. The number of carbonyl (C=O) groups excluding carboxylic acids is 1. The Morgan fingerprint density at radius 3 is 2.24 bits per heavy atom. The molecule has 0 aromatic heterocycles. The number of anilines is 2. The van der Waals surface area contributed by atoms with Gasteiger partial charge in [0.1, 0.15) is 5.75 Å². The van der Waals surface area contributed by atoms with Gasteiger partial charge < -0.3 is 15.4 Å². The van der Waals surface area contributed by atoms with Gasteiger partial charge >= 0.3 is 0 Å². The number of aryl methyl sites for hydroxylation is 1. The zero-order valence-electron chi connectivity index (χ0n) is 17.4. The summed E-state index contributed by atoms with van der Waals surface area (Å²) in [5, 5.41) is 5.79. The molecule has 0 aliphatic carbocycles. The highest BCUT2D eigenvalue weighted by Crippen LogP contribution is 2.29. The normalized spacial score (nSPS) is 11.3. The lowest BCUT2D eigenvalue weighted by Crippen LogP contribution is -2.30. The summed E-state index contributed by atoms with van der Waals surface area (Å²) in [5.74, 6) is 0.0874. The van der Waals surface area contributed by atoms with Crippen molar-refractivity contribution in [2.75, 3.05) is 37.4 Å². The Labute approximate surface area is 173 Å². The molecule has 1 amide bonds. The second-order valence-electron chi connectivity index (χ2n) is 6.40. The molecule has 0 bridgehead atoms. The fourth-order valence-corrected chi connectivity index (χ4v) is 4.38. The van der Waals surface area contributed by atoms with Crippen LogP contribution >= 0.6 is 0 Å². The molecular weight excluding hydrogens is 390 g/mol. The van der Waals surface area contributed by atoms with Gasteiger partial charge in [0.25, 0.3) is 0 Å². The summed E-state index contributed by atoms with van der Waals surface area (Å²) in [6.45, 7) is 6.43. The van der Waals surface area contributed by atoms with Crippen molar-refractivity contribution in [2.45, 2.75) is 32.1 Å². The van der Waals surface area contributed by atoms with Crippen molar-refractivity contribution in [1.82, 2.24) is 4.31 Å². The number of hydrogen-bond acceptors (Lipinski definition) is 5. The van der Waals surface area contributed by atoms with E-state index in [-0.39, 0.29) is 17.3 Å². The number of nitrogens with zero attached hydrogens (tertiary/aromatic N) is 1. The molecule has 0 aliphatic heterocycles. The maximum absolute atomic E-state index is 12.8. The lowest BCUT2D eigenvalue weighted by molar-refractivity contribution is -0.114. The number of hydrogen-bond donors (Lipinski definition) is 2. The van der Waals surface area contributed by atoms with Crippen molar-refractivity contribution >= 4 is 27.3 Å². The Hall–Kier alpha value is -2.58. The molecular formula is C21H29N3O4S. The van der Waals surface area contributed by atoms with Crippen molar-refractivity contribution in [3.63, 3.8) is 0 Å². The maximum atomic E-state index is 12.8. The number of rotatable bonds is 10. The zero-order valence-corrected chi connectivity index (χ0v) is 18.2. The monoisotopic (exact) mass is 419 g/mol. The Morgan fingerprint density at radius 1 is 1.03 bits per heavy atom. The van der Waals surface area contributed by atoms with Gasteiger partial charge in [-0.05, 0) is 42.3 Å². The predicted octanol–water partition coefficient (Wildman–Crippen LogP) is 3.34. The third-order valence-corrected chi connectivity index (χ3v) is 6.65. The van der Waals surface area contributed by atoms with Crippen LogP contribution in [0.1, 0.15) is 26.3 Å². The Bertz CT molecular complexity index is 923. The van der Waals surface area contributed by atoms with Crippen LogP contribution in [-0.2, 0) is 21.2 Å². The summed E-state index contributed by atoms with van der Waals surface area (Å²) in [4.78, 5) is 12.5. The topological polar surface area (TPSA) is 87.7 Å². The van der Waals surface area contributed by atoms with Crippen LogP contribution in [0.15, 0.2) is 47.4 Å². The number of sulfonamides is 1. The fourth-order valence-electron chi connectivity index (χ4n) is 2.89. The third kappa shape index (κ3) is 5.71. The molecule has 29 heavy (non-hydrogen) atoms. The number of benzene rings is 2. The Kier molecular flexibility index (Phi) is 8.04. The molecule has 7 nitrogen and oxygen atoms in total. The molecule has 0 aliphatic rings. The number of ether oxygens (including phenoxy) is 1. The van der Waals surface area contributed by atoms with Gasteiger partial charge in [-0.2, -0.15) is 4.31 Å². The number of carbonyl (C=O) groups is 1. The summed E-state index contributed by atoms with van der Waals surface area (Å²) < 4.78 is 32.1. The van der Waals surface area contributed by atoms with E-state index >= 15 is 0 Å². The first-order chi connectivity index (χ1) is 13.8.